The van der Waals surface area contributed by atoms with Gasteiger partial charge in [-0.2, -0.15) is 0 Å². The van der Waals surface area contributed by atoms with Crippen LogP contribution >= 0.6 is 0 Å². The number of pyridine rings is 1. The topological polar surface area (TPSA) is 109 Å². The summed E-state index contributed by atoms with van der Waals surface area (Å²) in [5, 5.41) is 10.6. The van der Waals surface area contributed by atoms with Gasteiger partial charge in [-0.05, 0) is 101 Å². The van der Waals surface area contributed by atoms with Crippen molar-refractivity contribution in [2.45, 2.75) is 65.7 Å². The van der Waals surface area contributed by atoms with Gasteiger partial charge in [0.15, 0.2) is 0 Å². The van der Waals surface area contributed by atoms with Gasteiger partial charge in [0.05, 0.1) is 12.1 Å². The Labute approximate surface area is 264 Å². The highest BCUT2D eigenvalue weighted by atomic mass is 16.6. The second-order valence-corrected chi connectivity index (χ2v) is 12.7. The summed E-state index contributed by atoms with van der Waals surface area (Å²) < 4.78 is 10.9. The summed E-state index contributed by atoms with van der Waals surface area (Å²) in [6.45, 7) is 10.9. The van der Waals surface area contributed by atoms with Gasteiger partial charge in [0.1, 0.15) is 17.0 Å². The predicted octanol–water partition coefficient (Wildman–Crippen LogP) is 6.79. The van der Waals surface area contributed by atoms with Gasteiger partial charge in [0.25, 0.3) is 5.91 Å². The number of phenolic OH excluding ortho intramolecular Hbond substituents is 1. The number of amides is 3. The van der Waals surface area contributed by atoms with Crippen LogP contribution in [0.25, 0.3) is 5.57 Å². The van der Waals surface area contributed by atoms with Crippen molar-refractivity contribution in [3.8, 4) is 17.6 Å². The second kappa shape index (κ2) is 13.7. The number of rotatable bonds is 4. The summed E-state index contributed by atoms with van der Waals surface area (Å²) in [6, 6.07) is 16.3. The third-order valence-corrected chi connectivity index (χ3v) is 6.52. The van der Waals surface area contributed by atoms with Crippen molar-refractivity contribution in [1.82, 2.24) is 14.8 Å². The molecule has 234 valence electrons. The standard InChI is InChI=1S/C36H39N3O6/c1-35(2,3)44-33(42)39(34(43)45-36(4,5)6)24-27-19-29(21-31(40)20-27)28-14-16-38(17-15-28)32(41)30-18-26(22-37-23-30)13-12-25-10-8-7-9-11-25/h7-11,14,18-23,40H,15-17,24H2,1-6H3. The highest BCUT2D eigenvalue weighted by Crippen LogP contribution is 2.29. The van der Waals surface area contributed by atoms with Gasteiger partial charge in [-0.1, -0.05) is 36.1 Å². The van der Waals surface area contributed by atoms with E-state index >= 15 is 0 Å². The number of aromatic hydroxyl groups is 1. The molecule has 1 aromatic heterocycles. The number of imide groups is 1. The minimum absolute atomic E-state index is 0.0188. The van der Waals surface area contributed by atoms with Crippen LogP contribution in [-0.2, 0) is 16.0 Å². The quantitative estimate of drug-likeness (QED) is 0.325. The first-order valence-electron chi connectivity index (χ1n) is 14.7. The summed E-state index contributed by atoms with van der Waals surface area (Å²) in [6.07, 6.45) is 3.95. The SMILES string of the molecule is CC(C)(C)OC(=O)N(Cc1cc(O)cc(C2=CCN(C(=O)c3cncc(C#Cc4ccccc4)c3)CC2)c1)C(=O)OC(C)(C)C. The van der Waals surface area contributed by atoms with Gasteiger partial charge in [0.2, 0.25) is 0 Å². The molecule has 9 heteroatoms. The Kier molecular flexibility index (Phi) is 9.98. The van der Waals surface area contributed by atoms with Crippen LogP contribution in [0.4, 0.5) is 9.59 Å². The van der Waals surface area contributed by atoms with E-state index < -0.39 is 23.4 Å². The van der Waals surface area contributed by atoms with Crippen molar-refractivity contribution in [1.29, 1.82) is 0 Å². The molecule has 45 heavy (non-hydrogen) atoms. The summed E-state index contributed by atoms with van der Waals surface area (Å²) in [5.41, 5.74) is 2.49. The van der Waals surface area contributed by atoms with Gasteiger partial charge in [-0.15, -0.1) is 0 Å². The number of nitrogens with zero attached hydrogens (tertiary/aromatic N) is 3. The van der Waals surface area contributed by atoms with Crippen LogP contribution in [0.15, 0.2) is 73.1 Å². The molecule has 3 amide bonds. The maximum atomic E-state index is 13.3. The largest absolute Gasteiger partial charge is 0.508 e. The number of hydrogen-bond acceptors (Lipinski definition) is 7. The molecule has 0 bridgehead atoms. The molecule has 0 saturated heterocycles. The van der Waals surface area contributed by atoms with Gasteiger partial charge < -0.3 is 19.5 Å². The Morgan fingerprint density at radius 2 is 1.53 bits per heavy atom. The molecule has 9 nitrogen and oxygen atoms in total. The van der Waals surface area contributed by atoms with E-state index in [4.69, 9.17) is 9.47 Å². The number of carbonyl (C=O) groups excluding carboxylic acids is 3. The summed E-state index contributed by atoms with van der Waals surface area (Å²) in [4.78, 5) is 46.1. The van der Waals surface area contributed by atoms with E-state index in [1.807, 2.05) is 42.5 Å². The van der Waals surface area contributed by atoms with E-state index in [2.05, 4.69) is 16.8 Å². The molecule has 0 fully saturated rings. The fourth-order valence-electron chi connectivity index (χ4n) is 4.56. The van der Waals surface area contributed by atoms with Crippen LogP contribution in [-0.4, -0.2) is 62.3 Å². The minimum Gasteiger partial charge on any atom is -0.508 e. The molecule has 0 radical (unpaired) electrons. The Hall–Kier alpha value is -5.10. The smallest absolute Gasteiger partial charge is 0.420 e. The molecule has 0 spiro atoms. The highest BCUT2D eigenvalue weighted by molar-refractivity contribution is 5.95. The van der Waals surface area contributed by atoms with Crippen LogP contribution in [0, 0.1) is 11.8 Å². The molecule has 0 saturated carbocycles. The number of ether oxygens (including phenoxy) is 2. The van der Waals surface area contributed by atoms with Gasteiger partial charge in [0, 0.05) is 36.6 Å². The summed E-state index contributed by atoms with van der Waals surface area (Å²) >= 11 is 0. The molecule has 0 atom stereocenters. The Morgan fingerprint density at radius 3 is 2.13 bits per heavy atom. The first-order valence-corrected chi connectivity index (χ1v) is 14.7. The Morgan fingerprint density at radius 1 is 0.889 bits per heavy atom. The molecule has 0 aliphatic carbocycles. The summed E-state index contributed by atoms with van der Waals surface area (Å²) in [5.74, 6) is 5.98. The van der Waals surface area contributed by atoms with Gasteiger partial charge in [-0.3, -0.25) is 9.78 Å². The third-order valence-electron chi connectivity index (χ3n) is 6.52. The Balaban J connectivity index is 1.49. The molecule has 3 aromatic rings. The van der Waals surface area contributed by atoms with E-state index in [1.54, 1.807) is 64.8 Å². The first-order chi connectivity index (χ1) is 21.2. The van der Waals surface area contributed by atoms with E-state index in [0.717, 1.165) is 21.6 Å². The monoisotopic (exact) mass is 609 g/mol. The zero-order valence-electron chi connectivity index (χ0n) is 26.6. The van der Waals surface area contributed by atoms with Crippen molar-refractivity contribution in [2.24, 2.45) is 0 Å². The molecule has 1 aliphatic heterocycles. The lowest BCUT2D eigenvalue weighted by Crippen LogP contribution is -2.43. The molecule has 2 heterocycles. The average Bonchev–Trinajstić information content (AvgIpc) is 2.97. The van der Waals surface area contributed by atoms with E-state index in [9.17, 15) is 19.5 Å². The third kappa shape index (κ3) is 9.70. The second-order valence-electron chi connectivity index (χ2n) is 12.7. The highest BCUT2D eigenvalue weighted by Gasteiger charge is 2.31. The molecular weight excluding hydrogens is 570 g/mol. The van der Waals surface area contributed by atoms with Crippen molar-refractivity contribution in [3.63, 3.8) is 0 Å². The Bertz CT molecular complexity index is 1630. The van der Waals surface area contributed by atoms with E-state index in [-0.39, 0.29) is 18.2 Å². The molecule has 2 aromatic carbocycles. The number of phenols is 1. The number of carbonyl (C=O) groups is 3. The lowest BCUT2D eigenvalue weighted by Gasteiger charge is -2.29. The van der Waals surface area contributed by atoms with Crippen LogP contribution in [0.3, 0.4) is 0 Å². The molecule has 0 unspecified atom stereocenters. The first kappa shape index (κ1) is 32.8. The van der Waals surface area contributed by atoms with Crippen LogP contribution in [0.5, 0.6) is 5.75 Å². The molecule has 1 N–H and O–H groups in total. The normalized spacial score (nSPS) is 13.2. The van der Waals surface area contributed by atoms with Crippen LogP contribution in [0.1, 0.15) is 80.6 Å². The summed E-state index contributed by atoms with van der Waals surface area (Å²) in [7, 11) is 0. The number of hydrogen-bond donors (Lipinski definition) is 1. The van der Waals surface area contributed by atoms with E-state index in [0.29, 0.717) is 36.2 Å². The molecule has 4 rings (SSSR count). The number of benzene rings is 2. The fraction of sp³-hybridized carbons (Fsp3) is 0.333. The lowest BCUT2D eigenvalue weighted by atomic mass is 9.97. The van der Waals surface area contributed by atoms with Crippen molar-refractivity contribution in [2.75, 3.05) is 13.1 Å². The predicted molar refractivity (Wildman–Crippen MR) is 171 cm³/mol. The maximum absolute atomic E-state index is 13.3. The maximum Gasteiger partial charge on any atom is 0.420 e. The minimum atomic E-state index is -0.850. The van der Waals surface area contributed by atoms with Crippen LogP contribution < -0.4 is 0 Å². The fourth-order valence-corrected chi connectivity index (χ4v) is 4.56. The average molecular weight is 610 g/mol. The number of aromatic nitrogens is 1. The lowest BCUT2D eigenvalue weighted by molar-refractivity contribution is -0.000295. The zero-order valence-corrected chi connectivity index (χ0v) is 26.6. The zero-order chi connectivity index (χ0) is 32.8. The van der Waals surface area contributed by atoms with Gasteiger partial charge in [-0.25, -0.2) is 14.5 Å². The van der Waals surface area contributed by atoms with E-state index in [1.165, 1.54) is 12.3 Å². The molecular formula is C36H39N3O6. The van der Waals surface area contributed by atoms with Gasteiger partial charge >= 0.3 is 12.2 Å². The molecule has 1 aliphatic rings. The van der Waals surface area contributed by atoms with Crippen molar-refractivity contribution in [3.05, 3.63) is 101 Å². The van der Waals surface area contributed by atoms with Crippen molar-refractivity contribution < 1.29 is 29.0 Å². The van der Waals surface area contributed by atoms with Crippen molar-refractivity contribution >= 4 is 23.7 Å². The van der Waals surface area contributed by atoms with Crippen LogP contribution in [0.2, 0.25) is 0 Å².